The number of hydrogen-bond donors (Lipinski definition) is 1. The molecule has 0 aromatic heterocycles. The molecule has 0 heterocycles. The number of hydrogen-bond acceptors (Lipinski definition) is 3. The molecule has 0 radical (unpaired) electrons. The van der Waals surface area contributed by atoms with Gasteiger partial charge in [-0.3, -0.25) is 0 Å². The van der Waals surface area contributed by atoms with Crippen molar-refractivity contribution in [3.05, 3.63) is 35.9 Å². The Labute approximate surface area is 171 Å². The first-order chi connectivity index (χ1) is 13.4. The topological polar surface area (TPSA) is 55.4 Å². The molecule has 1 amide bonds. The number of ether oxygens (including phenoxy) is 1. The lowest BCUT2D eigenvalue weighted by atomic mass is 9.99. The van der Waals surface area contributed by atoms with E-state index in [0.717, 1.165) is 38.4 Å². The molecular weight excluding hydrogens is 350 g/mol. The van der Waals surface area contributed by atoms with Gasteiger partial charge in [0.15, 0.2) is 0 Å². The van der Waals surface area contributed by atoms with E-state index >= 15 is 0 Å². The molecule has 1 aromatic carbocycles. The number of nitrogens with one attached hydrogen (secondary N) is 1. The van der Waals surface area contributed by atoms with Crippen LogP contribution in [0.3, 0.4) is 0 Å². The van der Waals surface area contributed by atoms with E-state index in [1.54, 1.807) is 0 Å². The Balaban J connectivity index is 2.31. The zero-order chi connectivity index (χ0) is 20.7. The number of carbonyl (C=O) groups excluding carboxylic acids is 2. The van der Waals surface area contributed by atoms with E-state index in [1.165, 1.54) is 37.7 Å². The summed E-state index contributed by atoms with van der Waals surface area (Å²) in [5.74, 6) is 0. The minimum absolute atomic E-state index is 0.0978. The number of benzene rings is 1. The molecular formula is C24H39NO3. The molecule has 0 spiro atoms. The quantitative estimate of drug-likeness (QED) is 0.303. The van der Waals surface area contributed by atoms with Gasteiger partial charge in [0.25, 0.3) is 0 Å². The highest BCUT2D eigenvalue weighted by atomic mass is 16.6. The van der Waals surface area contributed by atoms with Crippen molar-refractivity contribution < 1.29 is 14.3 Å². The molecule has 0 aliphatic carbocycles. The van der Waals surface area contributed by atoms with E-state index in [0.29, 0.717) is 6.42 Å². The SMILES string of the molecule is CC(C)(C)OC(=O)N[C@@H](CCCCCCCCCCC=O)Cc1ccccc1. The van der Waals surface area contributed by atoms with Gasteiger partial charge in [0.2, 0.25) is 0 Å². The van der Waals surface area contributed by atoms with E-state index < -0.39 is 5.60 Å². The van der Waals surface area contributed by atoms with Crippen molar-refractivity contribution in [1.82, 2.24) is 5.32 Å². The monoisotopic (exact) mass is 389 g/mol. The molecule has 1 atom stereocenters. The van der Waals surface area contributed by atoms with Crippen molar-refractivity contribution >= 4 is 12.4 Å². The van der Waals surface area contributed by atoms with Crippen LogP contribution in [0.2, 0.25) is 0 Å². The van der Waals surface area contributed by atoms with Crippen molar-refractivity contribution in [2.45, 2.75) is 103 Å². The van der Waals surface area contributed by atoms with Crippen LogP contribution in [0, 0.1) is 0 Å². The molecule has 0 aliphatic heterocycles. The van der Waals surface area contributed by atoms with Crippen molar-refractivity contribution in [1.29, 1.82) is 0 Å². The molecule has 1 rings (SSSR count). The smallest absolute Gasteiger partial charge is 0.407 e. The van der Waals surface area contributed by atoms with Gasteiger partial charge in [-0.2, -0.15) is 0 Å². The summed E-state index contributed by atoms with van der Waals surface area (Å²) >= 11 is 0. The summed E-state index contributed by atoms with van der Waals surface area (Å²) in [6, 6.07) is 10.4. The van der Waals surface area contributed by atoms with Crippen LogP contribution in [0.5, 0.6) is 0 Å². The van der Waals surface area contributed by atoms with Crippen molar-refractivity contribution in [3.63, 3.8) is 0 Å². The zero-order valence-corrected chi connectivity index (χ0v) is 18.0. The van der Waals surface area contributed by atoms with E-state index in [9.17, 15) is 9.59 Å². The average Bonchev–Trinajstić information content (AvgIpc) is 2.62. The first-order valence-electron chi connectivity index (χ1n) is 10.9. The second-order valence-corrected chi connectivity index (χ2v) is 8.61. The van der Waals surface area contributed by atoms with Gasteiger partial charge >= 0.3 is 6.09 Å². The molecule has 4 nitrogen and oxygen atoms in total. The first-order valence-corrected chi connectivity index (χ1v) is 10.9. The second kappa shape index (κ2) is 14.2. The van der Waals surface area contributed by atoms with Crippen molar-refractivity contribution in [2.75, 3.05) is 0 Å². The van der Waals surface area contributed by atoms with E-state index in [1.807, 2.05) is 39.0 Å². The van der Waals surface area contributed by atoms with Gasteiger partial charge in [0.05, 0.1) is 0 Å². The number of aldehydes is 1. The first kappa shape index (κ1) is 24.2. The van der Waals surface area contributed by atoms with Crippen LogP contribution in [0.25, 0.3) is 0 Å². The van der Waals surface area contributed by atoms with Crippen molar-refractivity contribution in [3.8, 4) is 0 Å². The van der Waals surface area contributed by atoms with Gasteiger partial charge in [0.1, 0.15) is 11.9 Å². The summed E-state index contributed by atoms with van der Waals surface area (Å²) in [7, 11) is 0. The highest BCUT2D eigenvalue weighted by molar-refractivity contribution is 5.68. The fourth-order valence-corrected chi connectivity index (χ4v) is 3.28. The number of unbranched alkanes of at least 4 members (excludes halogenated alkanes) is 8. The Morgan fingerprint density at radius 3 is 2.11 bits per heavy atom. The van der Waals surface area contributed by atoms with Gasteiger partial charge < -0.3 is 14.8 Å². The molecule has 28 heavy (non-hydrogen) atoms. The minimum atomic E-state index is -0.479. The third-order valence-electron chi connectivity index (χ3n) is 4.67. The second-order valence-electron chi connectivity index (χ2n) is 8.61. The summed E-state index contributed by atoms with van der Waals surface area (Å²) in [5.41, 5.74) is 0.756. The Hall–Kier alpha value is -1.84. The predicted octanol–water partition coefficient (Wildman–Crippen LogP) is 6.22. The maximum absolute atomic E-state index is 12.2. The fraction of sp³-hybridized carbons (Fsp3) is 0.667. The van der Waals surface area contributed by atoms with Crippen molar-refractivity contribution in [2.24, 2.45) is 0 Å². The largest absolute Gasteiger partial charge is 0.444 e. The van der Waals surface area contributed by atoms with Gasteiger partial charge in [-0.05, 0) is 45.6 Å². The Bertz CT molecular complexity index is 537. The maximum atomic E-state index is 12.2. The molecule has 0 fully saturated rings. The lowest BCUT2D eigenvalue weighted by molar-refractivity contribution is -0.107. The predicted molar refractivity (Wildman–Crippen MR) is 116 cm³/mol. The molecule has 0 saturated heterocycles. The Morgan fingerprint density at radius 2 is 1.54 bits per heavy atom. The van der Waals surface area contributed by atoms with Gasteiger partial charge in [0, 0.05) is 12.5 Å². The normalized spacial score (nSPS) is 12.4. The Kier molecular flexibility index (Phi) is 12.3. The van der Waals surface area contributed by atoms with Crippen LogP contribution in [0.15, 0.2) is 30.3 Å². The number of amides is 1. The van der Waals surface area contributed by atoms with E-state index in [2.05, 4.69) is 17.4 Å². The highest BCUT2D eigenvalue weighted by Gasteiger charge is 2.19. The van der Waals surface area contributed by atoms with E-state index in [4.69, 9.17) is 4.74 Å². The molecule has 0 saturated carbocycles. The summed E-state index contributed by atoms with van der Waals surface area (Å²) < 4.78 is 5.43. The van der Waals surface area contributed by atoms with Crippen LogP contribution in [-0.2, 0) is 16.0 Å². The molecule has 158 valence electrons. The van der Waals surface area contributed by atoms with Crippen LogP contribution in [0.1, 0.15) is 90.5 Å². The minimum Gasteiger partial charge on any atom is -0.444 e. The van der Waals surface area contributed by atoms with Crippen LogP contribution >= 0.6 is 0 Å². The number of alkyl carbamates (subject to hydrolysis) is 1. The molecule has 0 unspecified atom stereocenters. The Morgan fingerprint density at radius 1 is 0.964 bits per heavy atom. The van der Waals surface area contributed by atoms with Crippen LogP contribution in [0.4, 0.5) is 4.79 Å². The molecule has 1 N–H and O–H groups in total. The summed E-state index contributed by atoms with van der Waals surface area (Å²) in [6.07, 6.45) is 12.6. The third-order valence-corrected chi connectivity index (χ3v) is 4.67. The average molecular weight is 390 g/mol. The maximum Gasteiger partial charge on any atom is 0.407 e. The summed E-state index contributed by atoms with van der Waals surface area (Å²) in [6.45, 7) is 5.66. The molecule has 0 bridgehead atoms. The van der Waals surface area contributed by atoms with Gasteiger partial charge in [-0.1, -0.05) is 75.3 Å². The van der Waals surface area contributed by atoms with Gasteiger partial charge in [-0.15, -0.1) is 0 Å². The molecule has 1 aromatic rings. The van der Waals surface area contributed by atoms with Crippen LogP contribution < -0.4 is 5.32 Å². The lowest BCUT2D eigenvalue weighted by Gasteiger charge is -2.24. The summed E-state index contributed by atoms with van der Waals surface area (Å²) in [4.78, 5) is 22.5. The van der Waals surface area contributed by atoms with Crippen LogP contribution in [-0.4, -0.2) is 24.0 Å². The van der Waals surface area contributed by atoms with Gasteiger partial charge in [-0.25, -0.2) is 4.79 Å². The third kappa shape index (κ3) is 13.3. The number of carbonyl (C=O) groups is 2. The fourth-order valence-electron chi connectivity index (χ4n) is 3.28. The highest BCUT2D eigenvalue weighted by Crippen LogP contribution is 2.14. The lowest BCUT2D eigenvalue weighted by Crippen LogP contribution is -2.40. The zero-order valence-electron chi connectivity index (χ0n) is 18.0. The molecule has 0 aliphatic rings. The number of rotatable bonds is 14. The summed E-state index contributed by atoms with van der Waals surface area (Å²) in [5, 5.41) is 3.06. The molecule has 4 heteroatoms. The standard InChI is InChI=1S/C24H39NO3/c1-24(2,3)28-23(27)25-22(20-21-16-12-11-13-17-21)18-14-9-7-5-4-6-8-10-15-19-26/h11-13,16-17,19,22H,4-10,14-15,18,20H2,1-3H3,(H,25,27)/t22-/m0/s1. The van der Waals surface area contributed by atoms with E-state index in [-0.39, 0.29) is 12.1 Å².